The van der Waals surface area contributed by atoms with Gasteiger partial charge >= 0.3 is 0 Å². The lowest BCUT2D eigenvalue weighted by atomic mass is 9.94. The van der Waals surface area contributed by atoms with Crippen LogP contribution in [0.15, 0.2) is 208 Å². The Balaban J connectivity index is 0.931. The summed E-state index contributed by atoms with van der Waals surface area (Å²) in [5, 5.41) is 6.43. The van der Waals surface area contributed by atoms with Crippen molar-refractivity contribution in [3.63, 3.8) is 0 Å². The van der Waals surface area contributed by atoms with Gasteiger partial charge in [0.2, 0.25) is 0 Å². The molecule has 0 radical (unpaired) electrons. The van der Waals surface area contributed by atoms with Crippen LogP contribution in [-0.2, 0) is 0 Å². The summed E-state index contributed by atoms with van der Waals surface area (Å²) in [6, 6.07) is 62.1. The summed E-state index contributed by atoms with van der Waals surface area (Å²) in [4.78, 5) is 19.6. The molecule has 0 saturated heterocycles. The number of rotatable bonds is 6. The van der Waals surface area contributed by atoms with Crippen LogP contribution >= 0.6 is 0 Å². The highest BCUT2D eigenvalue weighted by molar-refractivity contribution is 6.17. The second-order valence-electron chi connectivity index (χ2n) is 15.8. The second kappa shape index (κ2) is 13.9. The van der Waals surface area contributed by atoms with Gasteiger partial charge in [0.25, 0.3) is 0 Å². The Labute approximate surface area is 359 Å². The van der Waals surface area contributed by atoms with Gasteiger partial charge in [-0.15, -0.1) is 0 Å². The summed E-state index contributed by atoms with van der Waals surface area (Å²) in [7, 11) is 0. The minimum Gasteiger partial charge on any atom is -0.456 e. The van der Waals surface area contributed by atoms with E-state index in [2.05, 4.69) is 114 Å². The van der Waals surface area contributed by atoms with Gasteiger partial charge in [-0.3, -0.25) is 4.98 Å². The molecule has 5 aromatic heterocycles. The zero-order valence-electron chi connectivity index (χ0n) is 33.5. The summed E-state index contributed by atoms with van der Waals surface area (Å²) in [6.45, 7) is 0. The standard InChI is InChI=1S/C56H32N4O3/c1-4-15-47-42(12-1)44-24-22-36(30-50(44)61-47)41-27-26-40(52-46-14-3-6-17-49(46)63-53(41)52)33-18-20-34(21-19-33)54-58-55(37-10-7-9-35(29-37)39-11-8-28-57-32-39)60-56(59-54)38-23-25-45-43-13-2-5-16-48(43)62-51(45)31-38/h1-32H. The Hall–Kier alpha value is -8.68. The summed E-state index contributed by atoms with van der Waals surface area (Å²) in [5.74, 6) is 1.68. The average Bonchev–Trinajstić information content (AvgIpc) is 4.05. The first kappa shape index (κ1) is 35.1. The molecular formula is C56H32N4O3. The molecule has 63 heavy (non-hydrogen) atoms. The van der Waals surface area contributed by atoms with E-state index in [4.69, 9.17) is 28.2 Å². The highest BCUT2D eigenvalue weighted by atomic mass is 16.3. The van der Waals surface area contributed by atoms with Gasteiger partial charge in [0.05, 0.1) is 0 Å². The van der Waals surface area contributed by atoms with Crippen molar-refractivity contribution in [2.45, 2.75) is 0 Å². The molecule has 0 amide bonds. The lowest BCUT2D eigenvalue weighted by molar-refractivity contribution is 0.668. The number of hydrogen-bond donors (Lipinski definition) is 0. The SMILES string of the molecule is c1cncc(-c2cccc(-c3nc(-c4ccc(-c5ccc(-c6ccc7c(c6)oc6ccccc67)c6oc7ccccc7c56)cc4)nc(-c4ccc5c(c4)oc4ccccc45)n3)c2)c1. The van der Waals surface area contributed by atoms with Crippen molar-refractivity contribution in [1.29, 1.82) is 0 Å². The average molecular weight is 809 g/mol. The van der Waals surface area contributed by atoms with Crippen molar-refractivity contribution in [3.8, 4) is 67.5 Å². The monoisotopic (exact) mass is 808 g/mol. The molecule has 0 N–H and O–H groups in total. The third-order valence-electron chi connectivity index (χ3n) is 12.1. The molecule has 8 aromatic carbocycles. The van der Waals surface area contributed by atoms with Crippen molar-refractivity contribution in [2.24, 2.45) is 0 Å². The van der Waals surface area contributed by atoms with E-state index in [1.54, 1.807) is 6.20 Å². The highest BCUT2D eigenvalue weighted by Crippen LogP contribution is 2.43. The zero-order valence-corrected chi connectivity index (χ0v) is 33.5. The van der Waals surface area contributed by atoms with Crippen molar-refractivity contribution < 1.29 is 13.3 Å². The predicted octanol–water partition coefficient (Wildman–Crippen LogP) is 15.0. The number of nitrogens with zero attached hydrogens (tertiary/aromatic N) is 4. The van der Waals surface area contributed by atoms with E-state index in [-0.39, 0.29) is 0 Å². The Morgan fingerprint density at radius 1 is 0.302 bits per heavy atom. The van der Waals surface area contributed by atoms with Gasteiger partial charge in [-0.05, 0) is 82.9 Å². The lowest BCUT2D eigenvalue weighted by Crippen LogP contribution is -2.00. The summed E-state index contributed by atoms with van der Waals surface area (Å²) >= 11 is 0. The molecule has 0 saturated carbocycles. The summed E-state index contributed by atoms with van der Waals surface area (Å²) in [6.07, 6.45) is 3.64. The molecule has 294 valence electrons. The minimum absolute atomic E-state index is 0.552. The van der Waals surface area contributed by atoms with Gasteiger partial charge in [0.15, 0.2) is 17.5 Å². The lowest BCUT2D eigenvalue weighted by Gasteiger charge is -2.11. The Morgan fingerprint density at radius 3 is 1.49 bits per heavy atom. The predicted molar refractivity (Wildman–Crippen MR) is 252 cm³/mol. The number of benzene rings is 8. The van der Waals surface area contributed by atoms with Gasteiger partial charge in [-0.2, -0.15) is 0 Å². The maximum Gasteiger partial charge on any atom is 0.164 e. The molecule has 5 heterocycles. The largest absolute Gasteiger partial charge is 0.456 e. The van der Waals surface area contributed by atoms with Crippen LogP contribution in [0.2, 0.25) is 0 Å². The van der Waals surface area contributed by atoms with Crippen molar-refractivity contribution in [3.05, 3.63) is 194 Å². The molecule has 0 unspecified atom stereocenters. The highest BCUT2D eigenvalue weighted by Gasteiger charge is 2.20. The van der Waals surface area contributed by atoms with Crippen LogP contribution in [-0.4, -0.2) is 19.9 Å². The fraction of sp³-hybridized carbons (Fsp3) is 0. The van der Waals surface area contributed by atoms with Gasteiger partial charge in [0.1, 0.15) is 33.5 Å². The van der Waals surface area contributed by atoms with Crippen LogP contribution in [0.3, 0.4) is 0 Å². The molecule has 0 bridgehead atoms. The topological polar surface area (TPSA) is 91.0 Å². The van der Waals surface area contributed by atoms with E-state index >= 15 is 0 Å². The third-order valence-corrected chi connectivity index (χ3v) is 12.1. The van der Waals surface area contributed by atoms with Gasteiger partial charge < -0.3 is 13.3 Å². The Morgan fingerprint density at radius 2 is 0.810 bits per heavy atom. The van der Waals surface area contributed by atoms with Crippen LogP contribution < -0.4 is 0 Å². The molecular weight excluding hydrogens is 777 g/mol. The molecule has 13 rings (SSSR count). The van der Waals surface area contributed by atoms with E-state index < -0.39 is 0 Å². The van der Waals surface area contributed by atoms with Crippen LogP contribution in [0, 0.1) is 0 Å². The fourth-order valence-electron chi connectivity index (χ4n) is 8.99. The van der Waals surface area contributed by atoms with Crippen LogP contribution in [0.1, 0.15) is 0 Å². The van der Waals surface area contributed by atoms with Crippen LogP contribution in [0.25, 0.3) is 133 Å². The molecule has 0 spiro atoms. The van der Waals surface area contributed by atoms with E-state index in [1.807, 2.05) is 79.0 Å². The van der Waals surface area contributed by atoms with Gasteiger partial charge in [-0.25, -0.2) is 15.0 Å². The van der Waals surface area contributed by atoms with E-state index in [0.29, 0.717) is 17.5 Å². The Bertz CT molecular complexity index is 3920. The van der Waals surface area contributed by atoms with Crippen LogP contribution in [0.4, 0.5) is 0 Å². The molecule has 0 fully saturated rings. The molecule has 0 atom stereocenters. The van der Waals surface area contributed by atoms with Crippen molar-refractivity contribution >= 4 is 65.8 Å². The number of pyridine rings is 1. The van der Waals surface area contributed by atoms with Gasteiger partial charge in [-0.1, -0.05) is 121 Å². The quantitative estimate of drug-likeness (QED) is 0.165. The van der Waals surface area contributed by atoms with Crippen LogP contribution in [0.5, 0.6) is 0 Å². The molecule has 0 aliphatic heterocycles. The molecule has 0 aliphatic carbocycles. The maximum absolute atomic E-state index is 6.69. The number of para-hydroxylation sites is 3. The van der Waals surface area contributed by atoms with Crippen molar-refractivity contribution in [1.82, 2.24) is 19.9 Å². The zero-order chi connectivity index (χ0) is 41.4. The number of furan rings is 3. The third kappa shape index (κ3) is 5.82. The molecule has 7 heteroatoms. The molecule has 7 nitrogen and oxygen atoms in total. The number of hydrogen-bond acceptors (Lipinski definition) is 7. The van der Waals surface area contributed by atoms with E-state index in [9.17, 15) is 0 Å². The molecule has 13 aromatic rings. The van der Waals surface area contributed by atoms with Gasteiger partial charge in [0, 0.05) is 72.5 Å². The summed E-state index contributed by atoms with van der Waals surface area (Å²) in [5.41, 5.74) is 13.8. The van der Waals surface area contributed by atoms with E-state index in [0.717, 1.165) is 116 Å². The Kier molecular flexibility index (Phi) is 7.77. The first-order valence-corrected chi connectivity index (χ1v) is 20.8. The summed E-state index contributed by atoms with van der Waals surface area (Å²) < 4.78 is 19.3. The fourth-order valence-corrected chi connectivity index (χ4v) is 8.99. The number of fused-ring (bicyclic) bond motifs is 9. The van der Waals surface area contributed by atoms with Crippen molar-refractivity contribution in [2.75, 3.05) is 0 Å². The smallest absolute Gasteiger partial charge is 0.164 e. The minimum atomic E-state index is 0.552. The first-order valence-electron chi connectivity index (χ1n) is 20.8. The number of aromatic nitrogens is 4. The second-order valence-corrected chi connectivity index (χ2v) is 15.8. The maximum atomic E-state index is 6.69. The molecule has 0 aliphatic rings. The first-order chi connectivity index (χ1) is 31.2. The van der Waals surface area contributed by atoms with E-state index in [1.165, 1.54) is 0 Å². The normalized spacial score (nSPS) is 11.8.